The molecule has 6 aromatic carbocycles. The monoisotopic (exact) mass is 619 g/mol. The molecular formula is C43H29N3S. The van der Waals surface area contributed by atoms with Crippen molar-refractivity contribution < 1.29 is 0 Å². The Morgan fingerprint density at radius 3 is 2.19 bits per heavy atom. The molecule has 0 saturated carbocycles. The fourth-order valence-corrected chi connectivity index (χ4v) is 8.86. The summed E-state index contributed by atoms with van der Waals surface area (Å²) in [5.41, 5.74) is 12.0. The average Bonchev–Trinajstić information content (AvgIpc) is 3.73. The van der Waals surface area contributed by atoms with Crippen molar-refractivity contribution in [1.82, 2.24) is 14.5 Å². The number of hydrogen-bond acceptors (Lipinski definition) is 3. The van der Waals surface area contributed by atoms with Crippen LogP contribution in [0.2, 0.25) is 0 Å². The third-order valence-corrected chi connectivity index (χ3v) is 11.1. The van der Waals surface area contributed by atoms with Crippen molar-refractivity contribution in [3.05, 3.63) is 151 Å². The van der Waals surface area contributed by atoms with Crippen LogP contribution in [0, 0.1) is 0 Å². The van der Waals surface area contributed by atoms with Gasteiger partial charge >= 0.3 is 0 Å². The van der Waals surface area contributed by atoms with E-state index in [1.165, 1.54) is 54.1 Å². The lowest BCUT2D eigenvalue weighted by atomic mass is 9.82. The van der Waals surface area contributed by atoms with Crippen LogP contribution in [0.5, 0.6) is 0 Å². The molecule has 0 amide bonds. The maximum absolute atomic E-state index is 5.29. The molecule has 0 atom stereocenters. The average molecular weight is 620 g/mol. The minimum Gasteiger partial charge on any atom is -0.309 e. The molecule has 3 heterocycles. The van der Waals surface area contributed by atoms with Gasteiger partial charge in [0, 0.05) is 48.5 Å². The summed E-state index contributed by atoms with van der Waals surface area (Å²) in [4.78, 5) is 11.5. The van der Waals surface area contributed by atoms with Gasteiger partial charge in [0.2, 0.25) is 0 Å². The number of nitrogens with zero attached hydrogens (tertiary/aromatic N) is 3. The maximum Gasteiger partial charge on any atom is 0.161 e. The first kappa shape index (κ1) is 26.6. The van der Waals surface area contributed by atoms with Crippen LogP contribution in [0.3, 0.4) is 0 Å². The number of fused-ring (bicyclic) bond motifs is 9. The zero-order chi connectivity index (χ0) is 31.3. The molecule has 0 aliphatic heterocycles. The SMILES string of the molecule is CC1(C)c2ccccc2-c2cc3c(cc21)c1ccccc1n3-c1cccc(-c2nc(-c3ccccc3)c3c(n2)sc2ccccc23)c1. The highest BCUT2D eigenvalue weighted by Crippen LogP contribution is 2.51. The molecular weight excluding hydrogens is 591 g/mol. The molecule has 0 unspecified atom stereocenters. The Labute approximate surface area is 276 Å². The highest BCUT2D eigenvalue weighted by atomic mass is 32.1. The summed E-state index contributed by atoms with van der Waals surface area (Å²) in [5.74, 6) is 0.738. The highest BCUT2D eigenvalue weighted by molar-refractivity contribution is 7.25. The van der Waals surface area contributed by atoms with E-state index >= 15 is 0 Å². The molecule has 4 heteroatoms. The number of thiophene rings is 1. The van der Waals surface area contributed by atoms with Crippen LogP contribution in [-0.4, -0.2) is 14.5 Å². The number of hydrogen-bond donors (Lipinski definition) is 0. The van der Waals surface area contributed by atoms with E-state index < -0.39 is 0 Å². The van der Waals surface area contributed by atoms with Crippen molar-refractivity contribution >= 4 is 53.4 Å². The van der Waals surface area contributed by atoms with Crippen molar-refractivity contribution in [1.29, 1.82) is 0 Å². The molecule has 222 valence electrons. The molecule has 3 aromatic heterocycles. The second-order valence-electron chi connectivity index (χ2n) is 13.0. The Kier molecular flexibility index (Phi) is 5.50. The van der Waals surface area contributed by atoms with Gasteiger partial charge in [0.25, 0.3) is 0 Å². The van der Waals surface area contributed by atoms with Crippen molar-refractivity contribution in [2.45, 2.75) is 19.3 Å². The molecule has 3 nitrogen and oxygen atoms in total. The Morgan fingerprint density at radius 2 is 1.30 bits per heavy atom. The van der Waals surface area contributed by atoms with Crippen LogP contribution in [0.25, 0.3) is 81.6 Å². The molecule has 47 heavy (non-hydrogen) atoms. The van der Waals surface area contributed by atoms with Crippen molar-refractivity contribution in [3.8, 4) is 39.5 Å². The van der Waals surface area contributed by atoms with E-state index in [0.717, 1.165) is 38.5 Å². The van der Waals surface area contributed by atoms with E-state index in [1.54, 1.807) is 11.3 Å². The van der Waals surface area contributed by atoms with E-state index in [4.69, 9.17) is 9.97 Å². The summed E-state index contributed by atoms with van der Waals surface area (Å²) in [5, 5.41) is 4.86. The summed E-state index contributed by atoms with van der Waals surface area (Å²) < 4.78 is 3.64. The lowest BCUT2D eigenvalue weighted by molar-refractivity contribution is 0.661. The molecule has 1 aliphatic carbocycles. The lowest BCUT2D eigenvalue weighted by Crippen LogP contribution is -2.14. The third kappa shape index (κ3) is 3.79. The van der Waals surface area contributed by atoms with Gasteiger partial charge in [-0.05, 0) is 58.7 Å². The zero-order valence-electron chi connectivity index (χ0n) is 26.0. The van der Waals surface area contributed by atoms with Gasteiger partial charge in [-0.3, -0.25) is 0 Å². The molecule has 0 bridgehead atoms. The van der Waals surface area contributed by atoms with Gasteiger partial charge in [-0.25, -0.2) is 9.97 Å². The van der Waals surface area contributed by atoms with E-state index in [0.29, 0.717) is 0 Å². The Balaban J connectivity index is 1.22. The summed E-state index contributed by atoms with van der Waals surface area (Å²) in [6, 6.07) is 50.3. The van der Waals surface area contributed by atoms with Crippen LogP contribution in [0.1, 0.15) is 25.0 Å². The van der Waals surface area contributed by atoms with Gasteiger partial charge < -0.3 is 4.57 Å². The number of aromatic nitrogens is 3. The summed E-state index contributed by atoms with van der Waals surface area (Å²) in [6.07, 6.45) is 0. The van der Waals surface area contributed by atoms with Crippen molar-refractivity contribution in [2.75, 3.05) is 0 Å². The predicted molar refractivity (Wildman–Crippen MR) is 198 cm³/mol. The lowest BCUT2D eigenvalue weighted by Gasteiger charge is -2.21. The highest BCUT2D eigenvalue weighted by Gasteiger charge is 2.36. The zero-order valence-corrected chi connectivity index (χ0v) is 26.8. The van der Waals surface area contributed by atoms with Gasteiger partial charge in [0.05, 0.1) is 16.7 Å². The quantitative estimate of drug-likeness (QED) is 0.197. The summed E-state index contributed by atoms with van der Waals surface area (Å²) >= 11 is 1.73. The normalized spacial score (nSPS) is 13.5. The third-order valence-electron chi connectivity index (χ3n) is 10.0. The van der Waals surface area contributed by atoms with Crippen LogP contribution in [-0.2, 0) is 5.41 Å². The second kappa shape index (κ2) is 9.71. The molecule has 1 aliphatic rings. The molecule has 0 spiro atoms. The van der Waals surface area contributed by atoms with E-state index in [1.807, 2.05) is 0 Å². The van der Waals surface area contributed by atoms with E-state index in [2.05, 4.69) is 158 Å². The topological polar surface area (TPSA) is 30.7 Å². The number of benzene rings is 6. The molecule has 9 aromatic rings. The summed E-state index contributed by atoms with van der Waals surface area (Å²) in [6.45, 7) is 4.70. The molecule has 10 rings (SSSR count). The fraction of sp³-hybridized carbons (Fsp3) is 0.0698. The van der Waals surface area contributed by atoms with Gasteiger partial charge in [-0.15, -0.1) is 11.3 Å². The number of para-hydroxylation sites is 1. The van der Waals surface area contributed by atoms with Crippen molar-refractivity contribution in [2.24, 2.45) is 0 Å². The maximum atomic E-state index is 5.29. The van der Waals surface area contributed by atoms with Gasteiger partial charge in [-0.2, -0.15) is 0 Å². The van der Waals surface area contributed by atoms with E-state index in [9.17, 15) is 0 Å². The van der Waals surface area contributed by atoms with Crippen LogP contribution < -0.4 is 0 Å². The van der Waals surface area contributed by atoms with Crippen LogP contribution >= 0.6 is 11.3 Å². The Bertz CT molecular complexity index is 2710. The fourth-order valence-electron chi connectivity index (χ4n) is 7.78. The Hall–Kier alpha value is -5.58. The summed E-state index contributed by atoms with van der Waals surface area (Å²) in [7, 11) is 0. The van der Waals surface area contributed by atoms with Crippen molar-refractivity contribution in [3.63, 3.8) is 0 Å². The number of rotatable bonds is 3. The van der Waals surface area contributed by atoms with Gasteiger partial charge in [0.1, 0.15) is 4.83 Å². The second-order valence-corrected chi connectivity index (χ2v) is 14.1. The molecule has 0 radical (unpaired) electrons. The Morgan fingerprint density at radius 1 is 0.553 bits per heavy atom. The van der Waals surface area contributed by atoms with Crippen LogP contribution in [0.4, 0.5) is 0 Å². The van der Waals surface area contributed by atoms with Gasteiger partial charge in [-0.1, -0.05) is 117 Å². The molecule has 0 saturated heterocycles. The predicted octanol–water partition coefficient (Wildman–Crippen LogP) is 11.6. The molecule has 0 N–H and O–H groups in total. The first-order chi connectivity index (χ1) is 23.1. The minimum atomic E-state index is -0.0533. The van der Waals surface area contributed by atoms with E-state index in [-0.39, 0.29) is 5.41 Å². The molecule has 0 fully saturated rings. The van der Waals surface area contributed by atoms with Crippen LogP contribution in [0.15, 0.2) is 140 Å². The largest absolute Gasteiger partial charge is 0.309 e. The van der Waals surface area contributed by atoms with Gasteiger partial charge in [0.15, 0.2) is 5.82 Å². The standard InChI is InChI=1S/C43H29N3S/c1-43(2)34-20-9-6-17-29(34)32-25-37-33(24-35(32)43)30-18-7-10-21-36(30)46(37)28-16-12-15-27(23-28)41-44-40(26-13-4-3-5-14-26)39-31-19-8-11-22-38(31)47-42(39)45-41/h3-25H,1-2H3. The smallest absolute Gasteiger partial charge is 0.161 e. The first-order valence-electron chi connectivity index (χ1n) is 16.1. The minimum absolute atomic E-state index is 0.0533. The first-order valence-corrected chi connectivity index (χ1v) is 16.9.